The summed E-state index contributed by atoms with van der Waals surface area (Å²) in [6.45, 7) is 2.57. The number of nitro benzene ring substituents is 1. The molecule has 1 N–H and O–H groups in total. The molecule has 0 radical (unpaired) electrons. The van der Waals surface area contributed by atoms with Gasteiger partial charge in [0.1, 0.15) is 10.7 Å². The van der Waals surface area contributed by atoms with Gasteiger partial charge >= 0.3 is 5.97 Å². The predicted molar refractivity (Wildman–Crippen MR) is 97.6 cm³/mol. The highest BCUT2D eigenvalue weighted by molar-refractivity contribution is 7.99. The minimum atomic E-state index is -2.78. The predicted octanol–water partition coefficient (Wildman–Crippen LogP) is 3.72. The zero-order valence-electron chi connectivity index (χ0n) is 14.8. The number of nitrogens with one attached hydrogen (secondary N) is 1. The van der Waals surface area contributed by atoms with Gasteiger partial charge in [0.15, 0.2) is 6.61 Å². The Balaban J connectivity index is 2.09. The van der Waals surface area contributed by atoms with Crippen molar-refractivity contribution >= 4 is 35.0 Å². The van der Waals surface area contributed by atoms with Crippen molar-refractivity contribution in [2.75, 3.05) is 11.9 Å². The van der Waals surface area contributed by atoms with E-state index in [1.807, 2.05) is 0 Å². The molecule has 0 aliphatic rings. The van der Waals surface area contributed by atoms with Crippen molar-refractivity contribution in [3.05, 3.63) is 57.3 Å². The molecule has 0 aliphatic carbocycles. The number of nitro groups is 1. The Labute approximate surface area is 162 Å². The van der Waals surface area contributed by atoms with Crippen molar-refractivity contribution in [3.63, 3.8) is 0 Å². The van der Waals surface area contributed by atoms with Gasteiger partial charge in [-0.15, -0.1) is 0 Å². The molecular formula is C17H15F2N3O5S. The first-order chi connectivity index (χ1) is 13.2. The molecule has 2 rings (SSSR count). The number of alkyl halides is 2. The van der Waals surface area contributed by atoms with Crippen LogP contribution >= 0.6 is 11.8 Å². The van der Waals surface area contributed by atoms with Gasteiger partial charge < -0.3 is 10.1 Å². The van der Waals surface area contributed by atoms with Gasteiger partial charge in [-0.3, -0.25) is 14.9 Å². The second-order valence-electron chi connectivity index (χ2n) is 5.52. The minimum Gasteiger partial charge on any atom is -0.452 e. The number of halogens is 2. The van der Waals surface area contributed by atoms with Crippen molar-refractivity contribution < 1.29 is 28.0 Å². The van der Waals surface area contributed by atoms with Crippen molar-refractivity contribution in [1.29, 1.82) is 0 Å². The summed E-state index contributed by atoms with van der Waals surface area (Å²) in [4.78, 5) is 38.4. The molecular weight excluding hydrogens is 396 g/mol. The Morgan fingerprint density at radius 2 is 2.04 bits per heavy atom. The molecule has 2 aromatic rings. The van der Waals surface area contributed by atoms with Crippen molar-refractivity contribution in [2.24, 2.45) is 0 Å². The number of aromatic nitrogens is 1. The van der Waals surface area contributed by atoms with E-state index in [1.165, 1.54) is 24.4 Å². The molecule has 148 valence electrons. The topological polar surface area (TPSA) is 111 Å². The van der Waals surface area contributed by atoms with Crippen LogP contribution in [0.2, 0.25) is 0 Å². The number of nitrogens with zero attached hydrogens (tertiary/aromatic N) is 2. The highest BCUT2D eigenvalue weighted by atomic mass is 32.2. The zero-order chi connectivity index (χ0) is 20.8. The van der Waals surface area contributed by atoms with Gasteiger partial charge in [-0.25, -0.2) is 9.78 Å². The standard InChI is InChI=1S/C17H15F2N3O5S/c1-9-5-6-12(22(25)26)14(10(9)2)21-13(23)8-27-16(24)11-4-3-7-20-15(11)28-17(18)19/h3-7,17H,8H2,1-2H3,(H,21,23). The number of aryl methyl sites for hydroxylation is 1. The minimum absolute atomic E-state index is 0.00127. The van der Waals surface area contributed by atoms with Crippen LogP contribution in [0.15, 0.2) is 35.5 Å². The van der Waals surface area contributed by atoms with Crippen molar-refractivity contribution in [3.8, 4) is 0 Å². The molecule has 8 nitrogen and oxygen atoms in total. The molecule has 0 atom stereocenters. The molecule has 1 heterocycles. The third kappa shape index (κ3) is 5.22. The van der Waals surface area contributed by atoms with Crippen LogP contribution in [-0.2, 0) is 9.53 Å². The monoisotopic (exact) mass is 411 g/mol. The molecule has 1 aromatic heterocycles. The van der Waals surface area contributed by atoms with Crippen LogP contribution < -0.4 is 5.32 Å². The largest absolute Gasteiger partial charge is 0.452 e. The number of ether oxygens (including phenoxy) is 1. The van der Waals surface area contributed by atoms with E-state index in [9.17, 15) is 28.5 Å². The molecule has 0 fully saturated rings. The first-order valence-corrected chi connectivity index (χ1v) is 8.70. The van der Waals surface area contributed by atoms with E-state index in [2.05, 4.69) is 10.3 Å². The molecule has 28 heavy (non-hydrogen) atoms. The van der Waals surface area contributed by atoms with Gasteiger partial charge in [0.25, 0.3) is 17.4 Å². The smallest absolute Gasteiger partial charge is 0.341 e. The first-order valence-electron chi connectivity index (χ1n) is 7.82. The number of anilines is 1. The summed E-state index contributed by atoms with van der Waals surface area (Å²) in [6, 6.07) is 5.42. The lowest BCUT2D eigenvalue weighted by Crippen LogP contribution is -2.22. The number of esters is 1. The van der Waals surface area contributed by atoms with Crippen LogP contribution in [-0.4, -0.2) is 34.1 Å². The summed E-state index contributed by atoms with van der Waals surface area (Å²) in [5.41, 5.74) is 0.712. The number of hydrogen-bond donors (Lipinski definition) is 1. The maximum absolute atomic E-state index is 12.5. The molecule has 0 bridgehead atoms. The van der Waals surface area contributed by atoms with Crippen LogP contribution in [0.4, 0.5) is 20.2 Å². The summed E-state index contributed by atoms with van der Waals surface area (Å²) >= 11 is 0.0782. The Hall–Kier alpha value is -3.08. The summed E-state index contributed by atoms with van der Waals surface area (Å²) < 4.78 is 29.9. The molecule has 11 heteroatoms. The Kier molecular flexibility index (Phi) is 6.99. The highest BCUT2D eigenvalue weighted by Crippen LogP contribution is 2.30. The summed E-state index contributed by atoms with van der Waals surface area (Å²) in [5.74, 6) is -4.60. The highest BCUT2D eigenvalue weighted by Gasteiger charge is 2.22. The summed E-state index contributed by atoms with van der Waals surface area (Å²) in [5, 5.41) is 13.3. The van der Waals surface area contributed by atoms with E-state index in [0.29, 0.717) is 5.56 Å². The number of rotatable bonds is 7. The molecule has 1 amide bonds. The zero-order valence-corrected chi connectivity index (χ0v) is 15.6. The lowest BCUT2D eigenvalue weighted by molar-refractivity contribution is -0.384. The van der Waals surface area contributed by atoms with E-state index in [1.54, 1.807) is 19.9 Å². The first kappa shape index (κ1) is 21.2. The van der Waals surface area contributed by atoms with Crippen LogP contribution in [0.1, 0.15) is 21.5 Å². The quantitative estimate of drug-likeness (QED) is 0.320. The second-order valence-corrected chi connectivity index (χ2v) is 6.50. The number of thioether (sulfide) groups is 1. The Morgan fingerprint density at radius 1 is 1.32 bits per heavy atom. The van der Waals surface area contributed by atoms with E-state index < -0.39 is 29.2 Å². The number of benzene rings is 1. The van der Waals surface area contributed by atoms with E-state index in [-0.39, 0.29) is 33.7 Å². The Bertz CT molecular complexity index is 924. The van der Waals surface area contributed by atoms with Crippen molar-refractivity contribution in [1.82, 2.24) is 4.98 Å². The van der Waals surface area contributed by atoms with E-state index >= 15 is 0 Å². The third-order valence-corrected chi connectivity index (χ3v) is 4.43. The number of amides is 1. The number of carbonyl (C=O) groups excluding carboxylic acids is 2. The second kappa shape index (κ2) is 9.22. The maximum Gasteiger partial charge on any atom is 0.341 e. The molecule has 0 aliphatic heterocycles. The normalized spacial score (nSPS) is 10.6. The third-order valence-electron chi connectivity index (χ3n) is 3.70. The number of carbonyl (C=O) groups is 2. The lowest BCUT2D eigenvalue weighted by atomic mass is 10.1. The lowest BCUT2D eigenvalue weighted by Gasteiger charge is -2.12. The Morgan fingerprint density at radius 3 is 2.68 bits per heavy atom. The van der Waals surface area contributed by atoms with Crippen LogP contribution in [0.5, 0.6) is 0 Å². The molecule has 0 spiro atoms. The van der Waals surface area contributed by atoms with Gasteiger partial charge in [0.2, 0.25) is 0 Å². The summed E-state index contributed by atoms with van der Waals surface area (Å²) in [6.07, 6.45) is 1.24. The summed E-state index contributed by atoms with van der Waals surface area (Å²) in [7, 11) is 0. The van der Waals surface area contributed by atoms with Crippen LogP contribution in [0, 0.1) is 24.0 Å². The molecule has 0 saturated carbocycles. The van der Waals surface area contributed by atoms with E-state index in [0.717, 1.165) is 5.56 Å². The van der Waals surface area contributed by atoms with E-state index in [4.69, 9.17) is 4.74 Å². The fourth-order valence-corrected chi connectivity index (χ4v) is 2.79. The molecule has 0 unspecified atom stereocenters. The SMILES string of the molecule is Cc1ccc([N+](=O)[O-])c(NC(=O)COC(=O)c2cccnc2SC(F)F)c1C. The van der Waals surface area contributed by atoms with Gasteiger partial charge in [-0.1, -0.05) is 6.07 Å². The van der Waals surface area contributed by atoms with Gasteiger partial charge in [0.05, 0.1) is 10.5 Å². The van der Waals surface area contributed by atoms with Crippen molar-refractivity contribution in [2.45, 2.75) is 24.6 Å². The fraction of sp³-hybridized carbons (Fsp3) is 0.235. The maximum atomic E-state index is 12.5. The van der Waals surface area contributed by atoms with Gasteiger partial charge in [-0.05, 0) is 48.9 Å². The average molecular weight is 411 g/mol. The van der Waals surface area contributed by atoms with Crippen LogP contribution in [0.25, 0.3) is 0 Å². The fourth-order valence-electron chi connectivity index (χ4n) is 2.22. The molecule has 1 aromatic carbocycles. The van der Waals surface area contributed by atoms with Gasteiger partial charge in [-0.2, -0.15) is 8.78 Å². The number of hydrogen-bond acceptors (Lipinski definition) is 7. The van der Waals surface area contributed by atoms with Crippen LogP contribution in [0.3, 0.4) is 0 Å². The average Bonchev–Trinajstić information content (AvgIpc) is 2.63. The number of pyridine rings is 1. The molecule has 0 saturated heterocycles. The van der Waals surface area contributed by atoms with Gasteiger partial charge in [0, 0.05) is 12.3 Å².